The van der Waals surface area contributed by atoms with Crippen molar-refractivity contribution in [1.29, 1.82) is 0 Å². The third-order valence-corrected chi connectivity index (χ3v) is 5.31. The van der Waals surface area contributed by atoms with Gasteiger partial charge in [-0.1, -0.05) is 76.2 Å². The van der Waals surface area contributed by atoms with Gasteiger partial charge in [-0.3, -0.25) is 0 Å². The highest BCUT2D eigenvalue weighted by Crippen LogP contribution is 2.39. The van der Waals surface area contributed by atoms with E-state index in [1.54, 1.807) is 24.3 Å². The summed E-state index contributed by atoms with van der Waals surface area (Å²) in [7, 11) is 0. The number of aromatic hydroxyl groups is 2. The molecule has 3 aromatic carbocycles. The normalized spacial score (nSPS) is 12.9. The quantitative estimate of drug-likeness (QED) is 0.570. The molecule has 0 saturated heterocycles. The molecule has 27 heavy (non-hydrogen) atoms. The van der Waals surface area contributed by atoms with Crippen molar-refractivity contribution in [2.24, 2.45) is 0 Å². The zero-order valence-electron chi connectivity index (χ0n) is 16.5. The maximum absolute atomic E-state index is 9.67. The summed E-state index contributed by atoms with van der Waals surface area (Å²) < 4.78 is 0. The van der Waals surface area contributed by atoms with Crippen LogP contribution in [0.1, 0.15) is 61.8 Å². The first-order valence-electron chi connectivity index (χ1n) is 9.44. The Kier molecular flexibility index (Phi) is 5.27. The first-order chi connectivity index (χ1) is 12.8. The Morgan fingerprint density at radius 3 is 1.33 bits per heavy atom. The molecular weight excluding hydrogens is 332 g/mol. The highest BCUT2D eigenvalue weighted by molar-refractivity contribution is 5.42. The summed E-state index contributed by atoms with van der Waals surface area (Å²) in [5, 5.41) is 19.3. The van der Waals surface area contributed by atoms with Gasteiger partial charge in [-0.2, -0.15) is 0 Å². The predicted octanol–water partition coefficient (Wildman–Crippen LogP) is 6.33. The molecule has 1 atom stereocenters. The SMILES string of the molecule is C[C@@H](c1ccc(C(C)(C)C)cc1)C(c1ccc(O)cc1)c1ccc(O)cc1. The van der Waals surface area contributed by atoms with Gasteiger partial charge < -0.3 is 10.2 Å². The first-order valence-corrected chi connectivity index (χ1v) is 9.44. The van der Waals surface area contributed by atoms with Crippen molar-refractivity contribution >= 4 is 0 Å². The van der Waals surface area contributed by atoms with Crippen LogP contribution in [0.15, 0.2) is 72.8 Å². The van der Waals surface area contributed by atoms with Crippen LogP contribution in [0.5, 0.6) is 11.5 Å². The van der Waals surface area contributed by atoms with Gasteiger partial charge in [0.05, 0.1) is 0 Å². The average Bonchev–Trinajstić information content (AvgIpc) is 2.64. The van der Waals surface area contributed by atoms with Crippen molar-refractivity contribution in [3.8, 4) is 11.5 Å². The van der Waals surface area contributed by atoms with Crippen molar-refractivity contribution in [2.45, 2.75) is 44.9 Å². The van der Waals surface area contributed by atoms with Gasteiger partial charge in [0.2, 0.25) is 0 Å². The maximum atomic E-state index is 9.67. The van der Waals surface area contributed by atoms with E-state index in [-0.39, 0.29) is 28.7 Å². The van der Waals surface area contributed by atoms with Gasteiger partial charge in [0, 0.05) is 5.92 Å². The van der Waals surface area contributed by atoms with Gasteiger partial charge in [0.15, 0.2) is 0 Å². The van der Waals surface area contributed by atoms with E-state index >= 15 is 0 Å². The van der Waals surface area contributed by atoms with Crippen LogP contribution in [0.2, 0.25) is 0 Å². The van der Waals surface area contributed by atoms with Crippen molar-refractivity contribution in [2.75, 3.05) is 0 Å². The number of phenolic OH excluding ortho intramolecular Hbond substituents is 2. The molecule has 0 fully saturated rings. The fourth-order valence-electron chi connectivity index (χ4n) is 3.61. The van der Waals surface area contributed by atoms with E-state index in [4.69, 9.17) is 0 Å². The Morgan fingerprint density at radius 1 is 0.593 bits per heavy atom. The number of rotatable bonds is 4. The molecule has 0 saturated carbocycles. The second-order valence-corrected chi connectivity index (χ2v) is 8.32. The van der Waals surface area contributed by atoms with Gasteiger partial charge >= 0.3 is 0 Å². The molecule has 3 aromatic rings. The standard InChI is InChI=1S/C25H28O2/c1-17(18-5-11-21(12-6-18)25(2,3)4)24(19-7-13-22(26)14-8-19)20-9-15-23(27)16-10-20/h5-17,24,26-27H,1-4H3/t17-/m0/s1. The molecule has 0 aliphatic rings. The minimum Gasteiger partial charge on any atom is -0.508 e. The molecule has 0 amide bonds. The number of hydrogen-bond acceptors (Lipinski definition) is 2. The van der Waals surface area contributed by atoms with E-state index in [9.17, 15) is 10.2 Å². The average molecular weight is 360 g/mol. The second kappa shape index (κ2) is 7.48. The van der Waals surface area contributed by atoms with E-state index in [0.29, 0.717) is 0 Å². The monoisotopic (exact) mass is 360 g/mol. The van der Waals surface area contributed by atoms with E-state index in [1.165, 1.54) is 11.1 Å². The molecule has 2 heteroatoms. The molecule has 0 heterocycles. The lowest BCUT2D eigenvalue weighted by atomic mass is 9.77. The van der Waals surface area contributed by atoms with E-state index in [0.717, 1.165) is 11.1 Å². The highest BCUT2D eigenvalue weighted by Gasteiger charge is 2.24. The van der Waals surface area contributed by atoms with E-state index < -0.39 is 0 Å². The van der Waals surface area contributed by atoms with Crippen LogP contribution < -0.4 is 0 Å². The third kappa shape index (κ3) is 4.33. The van der Waals surface area contributed by atoms with Gasteiger partial charge in [-0.05, 0) is 57.9 Å². The Bertz CT molecular complexity index is 824. The Morgan fingerprint density at radius 2 is 0.963 bits per heavy atom. The molecule has 0 unspecified atom stereocenters. The van der Waals surface area contributed by atoms with E-state index in [1.807, 2.05) is 24.3 Å². The zero-order valence-corrected chi connectivity index (χ0v) is 16.5. The molecule has 2 nitrogen and oxygen atoms in total. The van der Waals surface area contributed by atoms with Crippen molar-refractivity contribution in [1.82, 2.24) is 0 Å². The molecule has 0 aromatic heterocycles. The third-order valence-electron chi connectivity index (χ3n) is 5.31. The summed E-state index contributed by atoms with van der Waals surface area (Å²) >= 11 is 0. The minimum absolute atomic E-state index is 0.131. The molecular formula is C25H28O2. The first kappa shape index (κ1) is 19.0. The van der Waals surface area contributed by atoms with Crippen LogP contribution in [0.3, 0.4) is 0 Å². The van der Waals surface area contributed by atoms with Crippen LogP contribution in [0.4, 0.5) is 0 Å². The van der Waals surface area contributed by atoms with Crippen molar-refractivity contribution in [3.05, 3.63) is 95.1 Å². The van der Waals surface area contributed by atoms with Crippen LogP contribution in [-0.4, -0.2) is 10.2 Å². The van der Waals surface area contributed by atoms with Crippen LogP contribution in [0.25, 0.3) is 0 Å². The smallest absolute Gasteiger partial charge is 0.115 e. The molecule has 2 N–H and O–H groups in total. The van der Waals surface area contributed by atoms with Crippen LogP contribution >= 0.6 is 0 Å². The Labute approximate surface area is 162 Å². The lowest BCUT2D eigenvalue weighted by Crippen LogP contribution is -2.13. The molecule has 0 spiro atoms. The van der Waals surface area contributed by atoms with Crippen molar-refractivity contribution < 1.29 is 10.2 Å². The molecule has 0 radical (unpaired) electrons. The topological polar surface area (TPSA) is 40.5 Å². The fourth-order valence-corrected chi connectivity index (χ4v) is 3.61. The Balaban J connectivity index is 2.01. The molecule has 0 aliphatic heterocycles. The van der Waals surface area contributed by atoms with Gasteiger partial charge in [-0.25, -0.2) is 0 Å². The van der Waals surface area contributed by atoms with Gasteiger partial charge in [0.25, 0.3) is 0 Å². The summed E-state index contributed by atoms with van der Waals surface area (Å²) in [5.41, 5.74) is 5.02. The summed E-state index contributed by atoms with van der Waals surface area (Å²) in [4.78, 5) is 0. The minimum atomic E-state index is 0.131. The second-order valence-electron chi connectivity index (χ2n) is 8.32. The largest absolute Gasteiger partial charge is 0.508 e. The zero-order chi connectivity index (χ0) is 19.6. The molecule has 3 rings (SSSR count). The van der Waals surface area contributed by atoms with Gasteiger partial charge in [0.1, 0.15) is 11.5 Å². The number of benzene rings is 3. The molecule has 0 bridgehead atoms. The summed E-state index contributed by atoms with van der Waals surface area (Å²) in [5.74, 6) is 0.913. The highest BCUT2D eigenvalue weighted by atomic mass is 16.3. The number of hydrogen-bond donors (Lipinski definition) is 2. The van der Waals surface area contributed by atoms with Crippen LogP contribution in [-0.2, 0) is 5.41 Å². The Hall–Kier alpha value is -2.74. The fraction of sp³-hybridized carbons (Fsp3) is 0.280. The van der Waals surface area contributed by atoms with Gasteiger partial charge in [-0.15, -0.1) is 0 Å². The number of phenols is 2. The summed E-state index contributed by atoms with van der Waals surface area (Å²) in [6.07, 6.45) is 0. The van der Waals surface area contributed by atoms with Crippen molar-refractivity contribution in [3.63, 3.8) is 0 Å². The summed E-state index contributed by atoms with van der Waals surface area (Å²) in [6.45, 7) is 8.90. The van der Waals surface area contributed by atoms with Crippen LogP contribution in [0, 0.1) is 0 Å². The van der Waals surface area contributed by atoms with E-state index in [2.05, 4.69) is 52.0 Å². The molecule has 0 aliphatic carbocycles. The summed E-state index contributed by atoms with van der Waals surface area (Å²) in [6, 6.07) is 23.7. The lowest BCUT2D eigenvalue weighted by molar-refractivity contribution is 0.474. The molecule has 140 valence electrons. The lowest BCUT2D eigenvalue weighted by Gasteiger charge is -2.27. The predicted molar refractivity (Wildman–Crippen MR) is 112 cm³/mol. The maximum Gasteiger partial charge on any atom is 0.115 e.